The lowest BCUT2D eigenvalue weighted by atomic mass is 10.0. The van der Waals surface area contributed by atoms with Crippen LogP contribution in [0, 0.1) is 0 Å². The van der Waals surface area contributed by atoms with E-state index in [-0.39, 0.29) is 11.9 Å². The number of alkyl carbamates (subject to hydrolysis) is 1. The molecule has 1 aromatic rings. The molecule has 25 heavy (non-hydrogen) atoms. The van der Waals surface area contributed by atoms with Crippen molar-refractivity contribution < 1.29 is 14.3 Å². The zero-order chi connectivity index (χ0) is 18.6. The molecule has 2 rings (SSSR count). The molecule has 2 amide bonds. The molecule has 6 heteroatoms. The van der Waals surface area contributed by atoms with Gasteiger partial charge in [-0.3, -0.25) is 4.79 Å². The van der Waals surface area contributed by atoms with Crippen molar-refractivity contribution in [2.45, 2.75) is 64.6 Å². The van der Waals surface area contributed by atoms with Gasteiger partial charge in [-0.05, 0) is 58.6 Å². The van der Waals surface area contributed by atoms with E-state index in [1.165, 1.54) is 0 Å². The van der Waals surface area contributed by atoms with E-state index in [1.54, 1.807) is 27.7 Å². The molecule has 0 radical (unpaired) electrons. The number of benzene rings is 1. The first kappa shape index (κ1) is 19.6. The van der Waals surface area contributed by atoms with Crippen LogP contribution in [0.2, 0.25) is 5.02 Å². The summed E-state index contributed by atoms with van der Waals surface area (Å²) in [5, 5.41) is 3.35. The average Bonchev–Trinajstić information content (AvgIpc) is 2.94. The second-order valence-electron chi connectivity index (χ2n) is 7.49. The van der Waals surface area contributed by atoms with Gasteiger partial charge in [0.25, 0.3) is 0 Å². The SMILES string of the molecule is C[C@@H](NC(=O)OC(C)(C)C)C(=O)N1CCCC1Cc1ccccc1Cl. The number of hydrogen-bond acceptors (Lipinski definition) is 3. The Bertz CT molecular complexity index is 627. The number of rotatable bonds is 4. The monoisotopic (exact) mass is 366 g/mol. The van der Waals surface area contributed by atoms with Crippen LogP contribution in [0.4, 0.5) is 4.79 Å². The van der Waals surface area contributed by atoms with E-state index < -0.39 is 17.7 Å². The Balaban J connectivity index is 1.97. The lowest BCUT2D eigenvalue weighted by molar-refractivity contribution is -0.133. The number of hydrogen-bond donors (Lipinski definition) is 1. The van der Waals surface area contributed by atoms with E-state index in [2.05, 4.69) is 5.32 Å². The van der Waals surface area contributed by atoms with Gasteiger partial charge in [0.2, 0.25) is 5.91 Å². The number of ether oxygens (including phenoxy) is 1. The third kappa shape index (κ3) is 5.63. The Labute approximate surface area is 154 Å². The van der Waals surface area contributed by atoms with Crippen LogP contribution in [0.25, 0.3) is 0 Å². The fraction of sp³-hybridized carbons (Fsp3) is 0.579. The highest BCUT2D eigenvalue weighted by Gasteiger charge is 2.32. The van der Waals surface area contributed by atoms with E-state index in [0.717, 1.165) is 29.8 Å². The molecule has 1 fully saturated rings. The first-order valence-electron chi connectivity index (χ1n) is 8.71. The van der Waals surface area contributed by atoms with E-state index in [9.17, 15) is 9.59 Å². The standard InChI is InChI=1S/C19H27ClN2O3/c1-13(21-18(24)25-19(2,3)4)17(23)22-11-7-9-15(22)12-14-8-5-6-10-16(14)20/h5-6,8,10,13,15H,7,9,11-12H2,1-4H3,(H,21,24)/t13-,15?/m1/s1. The molecule has 1 heterocycles. The first-order valence-corrected chi connectivity index (χ1v) is 9.08. The molecule has 1 aromatic carbocycles. The molecule has 1 aliphatic heterocycles. The minimum atomic E-state index is -0.623. The maximum atomic E-state index is 12.8. The van der Waals surface area contributed by atoms with Gasteiger partial charge in [0.15, 0.2) is 0 Å². The largest absolute Gasteiger partial charge is 0.444 e. The van der Waals surface area contributed by atoms with Crippen LogP contribution in [0.15, 0.2) is 24.3 Å². The van der Waals surface area contributed by atoms with Gasteiger partial charge in [-0.1, -0.05) is 29.8 Å². The molecule has 1 unspecified atom stereocenters. The van der Waals surface area contributed by atoms with E-state index >= 15 is 0 Å². The van der Waals surface area contributed by atoms with Crippen molar-refractivity contribution in [1.29, 1.82) is 0 Å². The van der Waals surface area contributed by atoms with Gasteiger partial charge in [-0.25, -0.2) is 4.79 Å². The molecular formula is C19H27ClN2O3. The van der Waals surface area contributed by atoms with Gasteiger partial charge in [0.05, 0.1) is 0 Å². The summed E-state index contributed by atoms with van der Waals surface area (Å²) in [6, 6.07) is 7.19. The van der Waals surface area contributed by atoms with E-state index in [1.807, 2.05) is 29.2 Å². The first-order chi connectivity index (χ1) is 11.7. The van der Waals surface area contributed by atoms with E-state index in [0.29, 0.717) is 6.54 Å². The molecule has 5 nitrogen and oxygen atoms in total. The van der Waals surface area contributed by atoms with Crippen LogP contribution >= 0.6 is 11.6 Å². The summed E-state index contributed by atoms with van der Waals surface area (Å²) in [6.45, 7) is 7.77. The van der Waals surface area contributed by atoms with Gasteiger partial charge in [-0.15, -0.1) is 0 Å². The fourth-order valence-electron chi connectivity index (χ4n) is 3.05. The summed E-state index contributed by atoms with van der Waals surface area (Å²) in [5.74, 6) is -0.0830. The van der Waals surface area contributed by atoms with Crippen LogP contribution in [0.5, 0.6) is 0 Å². The summed E-state index contributed by atoms with van der Waals surface area (Å²) in [4.78, 5) is 26.5. The molecule has 0 spiro atoms. The van der Waals surface area contributed by atoms with Crippen LogP contribution < -0.4 is 5.32 Å². The zero-order valence-corrected chi connectivity index (χ0v) is 16.1. The van der Waals surface area contributed by atoms with Crippen LogP contribution in [-0.2, 0) is 16.0 Å². The predicted molar refractivity (Wildman–Crippen MR) is 98.7 cm³/mol. The van der Waals surface area contributed by atoms with Crippen LogP contribution in [0.1, 0.15) is 46.1 Å². The number of carbonyl (C=O) groups excluding carboxylic acids is 2. The highest BCUT2D eigenvalue weighted by Crippen LogP contribution is 2.25. The lowest BCUT2D eigenvalue weighted by Gasteiger charge is -2.29. The topological polar surface area (TPSA) is 58.6 Å². The minimum absolute atomic E-state index is 0.0830. The minimum Gasteiger partial charge on any atom is -0.444 e. The van der Waals surface area contributed by atoms with Crippen LogP contribution in [-0.4, -0.2) is 41.1 Å². The number of nitrogens with zero attached hydrogens (tertiary/aromatic N) is 1. The smallest absolute Gasteiger partial charge is 0.408 e. The summed E-state index contributed by atoms with van der Waals surface area (Å²) < 4.78 is 5.22. The third-order valence-corrected chi connectivity index (χ3v) is 4.55. The van der Waals surface area contributed by atoms with Crippen molar-refractivity contribution in [2.24, 2.45) is 0 Å². The molecule has 0 aromatic heterocycles. The molecule has 1 aliphatic rings. The number of nitrogens with one attached hydrogen (secondary N) is 1. The zero-order valence-electron chi connectivity index (χ0n) is 15.3. The molecule has 1 N–H and O–H groups in total. The van der Waals surface area contributed by atoms with Crippen molar-refractivity contribution in [2.75, 3.05) is 6.54 Å². The number of halogens is 1. The number of amides is 2. The molecular weight excluding hydrogens is 340 g/mol. The maximum Gasteiger partial charge on any atom is 0.408 e. The Morgan fingerprint density at radius 2 is 2.04 bits per heavy atom. The Hall–Kier alpha value is -1.75. The average molecular weight is 367 g/mol. The van der Waals surface area contributed by atoms with Gasteiger partial charge in [-0.2, -0.15) is 0 Å². The van der Waals surface area contributed by atoms with Gasteiger partial charge in [0, 0.05) is 17.6 Å². The van der Waals surface area contributed by atoms with Gasteiger partial charge >= 0.3 is 6.09 Å². The Kier molecular flexibility index (Phi) is 6.33. The molecule has 138 valence electrons. The molecule has 0 bridgehead atoms. The van der Waals surface area contributed by atoms with Crippen LogP contribution in [0.3, 0.4) is 0 Å². The second kappa shape index (κ2) is 8.09. The highest BCUT2D eigenvalue weighted by atomic mass is 35.5. The molecule has 0 aliphatic carbocycles. The van der Waals surface area contributed by atoms with Crippen molar-refractivity contribution >= 4 is 23.6 Å². The van der Waals surface area contributed by atoms with Crippen molar-refractivity contribution in [3.8, 4) is 0 Å². The quantitative estimate of drug-likeness (QED) is 0.882. The molecule has 1 saturated heterocycles. The summed E-state index contributed by atoms with van der Waals surface area (Å²) in [5.41, 5.74) is 0.453. The molecule has 0 saturated carbocycles. The highest BCUT2D eigenvalue weighted by molar-refractivity contribution is 6.31. The molecule has 2 atom stereocenters. The maximum absolute atomic E-state index is 12.8. The second-order valence-corrected chi connectivity index (χ2v) is 7.90. The Morgan fingerprint density at radius 3 is 2.68 bits per heavy atom. The summed E-state index contributed by atoms with van der Waals surface area (Å²) in [7, 11) is 0. The van der Waals surface area contributed by atoms with Crippen molar-refractivity contribution in [3.05, 3.63) is 34.9 Å². The van der Waals surface area contributed by atoms with Crippen molar-refractivity contribution in [3.63, 3.8) is 0 Å². The normalized spacial score (nSPS) is 18.8. The predicted octanol–water partition coefficient (Wildman–Crippen LogP) is 3.79. The Morgan fingerprint density at radius 1 is 1.36 bits per heavy atom. The van der Waals surface area contributed by atoms with Crippen molar-refractivity contribution in [1.82, 2.24) is 10.2 Å². The third-order valence-electron chi connectivity index (χ3n) is 4.18. The van der Waals surface area contributed by atoms with Gasteiger partial charge in [0.1, 0.15) is 11.6 Å². The number of likely N-dealkylation sites (tertiary alicyclic amines) is 1. The number of carbonyl (C=O) groups is 2. The van der Waals surface area contributed by atoms with E-state index in [4.69, 9.17) is 16.3 Å². The fourth-order valence-corrected chi connectivity index (χ4v) is 3.26. The van der Waals surface area contributed by atoms with Gasteiger partial charge < -0.3 is 15.0 Å². The summed E-state index contributed by atoms with van der Waals surface area (Å²) in [6.07, 6.45) is 2.05. The lowest BCUT2D eigenvalue weighted by Crippen LogP contribution is -2.49. The summed E-state index contributed by atoms with van der Waals surface area (Å²) >= 11 is 6.25.